The van der Waals surface area contributed by atoms with Crippen LogP contribution in [0, 0.1) is 5.41 Å². The number of thioether (sulfide) groups is 1. The summed E-state index contributed by atoms with van der Waals surface area (Å²) in [5, 5.41) is 35.8. The molecule has 2 unspecified atom stereocenters. The van der Waals surface area contributed by atoms with Gasteiger partial charge in [-0.3, -0.25) is 28.1 Å². The molecule has 7 N–H and O–H groups in total. The Morgan fingerprint density at radius 1 is 1.05 bits per heavy atom. The lowest BCUT2D eigenvalue weighted by atomic mass is 9.87. The molecule has 30 heteroatoms. The van der Waals surface area contributed by atoms with E-state index in [1.165, 1.54) is 27.0 Å². The molecule has 0 saturated carbocycles. The zero-order chi connectivity index (χ0) is 45.3. The first kappa shape index (κ1) is 50.0. The van der Waals surface area contributed by atoms with Gasteiger partial charge in [-0.15, -0.1) is 0 Å². The van der Waals surface area contributed by atoms with E-state index in [1.807, 2.05) is 0 Å². The third kappa shape index (κ3) is 14.7. The lowest BCUT2D eigenvalue weighted by molar-refractivity contribution is -0.347. The van der Waals surface area contributed by atoms with Crippen LogP contribution >= 0.6 is 35.2 Å². The Hall–Kier alpha value is -3.62. The lowest BCUT2D eigenvalue weighted by Gasteiger charge is -2.36. The van der Waals surface area contributed by atoms with Crippen LogP contribution in [-0.2, 0) is 57.1 Å². The second kappa shape index (κ2) is 21.2. The van der Waals surface area contributed by atoms with Crippen molar-refractivity contribution in [3.8, 4) is 11.5 Å². The molecule has 0 radical (unpaired) electrons. The second-order valence-corrected chi connectivity index (χ2v) is 18.9. The van der Waals surface area contributed by atoms with Crippen molar-refractivity contribution in [1.29, 1.82) is 0 Å². The molecule has 1 fully saturated rings. The highest BCUT2D eigenvalue weighted by Gasteiger charge is 2.47. The molecule has 26 nitrogen and oxygen atoms in total. The summed E-state index contributed by atoms with van der Waals surface area (Å²) in [6, 6.07) is 4.76. The number of aryl methyl sites for hydroxylation is 1. The summed E-state index contributed by atoms with van der Waals surface area (Å²) in [6.07, 6.45) is -7.07. The van der Waals surface area contributed by atoms with Gasteiger partial charge >= 0.3 is 0 Å². The zero-order valence-electron chi connectivity index (χ0n) is 32.4. The molecule has 0 bridgehead atoms. The van der Waals surface area contributed by atoms with Gasteiger partial charge in [0.15, 0.2) is 34.3 Å². The Morgan fingerprint density at radius 3 is 2.44 bits per heavy atom. The summed E-state index contributed by atoms with van der Waals surface area (Å²) in [7, 11) is -16.2. The number of aromatic hydroxyl groups is 1. The number of hydrogen-bond donors (Lipinski definition) is 6. The van der Waals surface area contributed by atoms with Crippen LogP contribution < -0.4 is 40.7 Å². The number of aromatic nitrogens is 4. The third-order valence-electron chi connectivity index (χ3n) is 8.60. The molecule has 0 spiro atoms. The van der Waals surface area contributed by atoms with Gasteiger partial charge in [0, 0.05) is 37.1 Å². The lowest BCUT2D eigenvalue weighted by Crippen LogP contribution is -2.46. The summed E-state index contributed by atoms with van der Waals surface area (Å²) in [5.74, 6) is -1.07. The van der Waals surface area contributed by atoms with E-state index in [9.17, 15) is 63.0 Å². The fraction of sp³-hybridized carbons (Fsp3) is 0.548. The number of amides is 2. The van der Waals surface area contributed by atoms with Crippen LogP contribution in [0.3, 0.4) is 0 Å². The molecule has 1 aliphatic rings. The van der Waals surface area contributed by atoms with Crippen molar-refractivity contribution in [2.24, 2.45) is 5.41 Å². The Kier molecular flexibility index (Phi) is 17.4. The maximum absolute atomic E-state index is 12.6. The minimum absolute atomic E-state index is 0.0211. The van der Waals surface area contributed by atoms with E-state index in [2.05, 4.69) is 43.5 Å². The topological polar surface area (TPSA) is 404 Å². The average molecular weight is 942 g/mol. The van der Waals surface area contributed by atoms with E-state index in [-0.39, 0.29) is 65.3 Å². The molecule has 1 aliphatic heterocycles. The number of carbonyl (C=O) groups excluding carboxylic acids is 3. The van der Waals surface area contributed by atoms with Crippen LogP contribution in [0.1, 0.15) is 38.5 Å². The van der Waals surface area contributed by atoms with Gasteiger partial charge in [0.05, 0.1) is 34.5 Å². The zero-order valence-corrected chi connectivity index (χ0v) is 35.9. The fourth-order valence-electron chi connectivity index (χ4n) is 5.47. The molecule has 340 valence electrons. The normalized spacial score (nSPS) is 20.7. The van der Waals surface area contributed by atoms with Crippen LogP contribution in [0.25, 0.3) is 11.2 Å². The number of methoxy groups -OCH3 is 1. The minimum Gasteiger partial charge on any atom is -0.790 e. The highest BCUT2D eigenvalue weighted by Crippen LogP contribution is 2.56. The summed E-state index contributed by atoms with van der Waals surface area (Å²) < 4.78 is 65.6. The number of phosphoric acid groups is 3. The minimum atomic E-state index is -5.93. The quantitative estimate of drug-likeness (QED) is 0.0422. The number of nitrogens with zero attached hydrogens (tertiary/aromatic N) is 4. The number of rotatable bonds is 23. The molecule has 1 saturated heterocycles. The highest BCUT2D eigenvalue weighted by atomic mass is 32.2. The highest BCUT2D eigenvalue weighted by molar-refractivity contribution is 8.13. The van der Waals surface area contributed by atoms with E-state index in [4.69, 9.17) is 15.2 Å². The summed E-state index contributed by atoms with van der Waals surface area (Å²) >= 11 is 1.01. The first-order valence-corrected chi connectivity index (χ1v) is 23.1. The van der Waals surface area contributed by atoms with Gasteiger partial charge < -0.3 is 78.9 Å². The van der Waals surface area contributed by atoms with Crippen molar-refractivity contribution >= 4 is 69.1 Å². The Labute approximate surface area is 350 Å². The van der Waals surface area contributed by atoms with Gasteiger partial charge in [-0.2, -0.15) is 0 Å². The molecule has 7 atom stereocenters. The van der Waals surface area contributed by atoms with Gasteiger partial charge in [0.1, 0.15) is 36.3 Å². The molecule has 4 rings (SSSR count). The van der Waals surface area contributed by atoms with Gasteiger partial charge in [0.25, 0.3) is 15.6 Å². The standard InChI is InChI=1S/C31H46N7O19P3S/c1-31(2,26(43)29(44)34-9-8-21(40)33-10-11-61-22(41)7-5-17-4-6-18(39)19(12-17)52-3)14-54-60(50,51)57-59(48,49)53-13-20-25(56-58(45,46)47)24(42)30(55-20)38-16-37-23-27(32)35-15-36-28(23)38/h4,6,12,15-16,20,24-26,30,39,42-43H,5,7-11,13-14H2,1-3H3,(H,33,40)(H,34,44)(H,48,49)(H,50,51)(H2,32,35,36)(H2,45,46,47)/p-4/t20-,24-,25-,26+,30-/m1/s1. The number of phosphoric ester groups is 3. The van der Waals surface area contributed by atoms with Crippen LogP contribution in [0.15, 0.2) is 30.9 Å². The van der Waals surface area contributed by atoms with E-state index in [0.717, 1.165) is 34.5 Å². The van der Waals surface area contributed by atoms with Gasteiger partial charge in [-0.05, 0) is 24.1 Å². The molecule has 0 aliphatic carbocycles. The number of imidazole rings is 1. The largest absolute Gasteiger partial charge is 0.790 e. The Balaban J connectivity index is 1.18. The molecule has 61 heavy (non-hydrogen) atoms. The summed E-state index contributed by atoms with van der Waals surface area (Å²) in [6.45, 7) is -0.0386. The van der Waals surface area contributed by atoms with Crippen LogP contribution in [0.5, 0.6) is 11.5 Å². The first-order valence-electron chi connectivity index (χ1n) is 17.8. The number of phenols is 1. The fourth-order valence-corrected chi connectivity index (χ4v) is 8.88. The Bertz CT molecular complexity index is 2180. The molecule has 3 heterocycles. The number of nitrogens with one attached hydrogen (secondary N) is 2. The number of aliphatic hydroxyl groups excluding tert-OH is 2. The van der Waals surface area contributed by atoms with E-state index >= 15 is 0 Å². The molecule has 3 aromatic rings. The number of hydrogen-bond acceptors (Lipinski definition) is 24. The maximum Gasteiger partial charge on any atom is 0.274 e. The molecule has 1 aromatic carbocycles. The smallest absolute Gasteiger partial charge is 0.274 e. The van der Waals surface area contributed by atoms with Crippen molar-refractivity contribution in [3.63, 3.8) is 0 Å². The van der Waals surface area contributed by atoms with Crippen molar-refractivity contribution in [3.05, 3.63) is 36.4 Å². The number of phenolic OH excluding ortho intramolecular Hbond substituents is 1. The first-order chi connectivity index (χ1) is 28.4. The van der Waals surface area contributed by atoms with E-state index < -0.39 is 84.6 Å². The molecular formula is C31H42N7O19P3S-4. The van der Waals surface area contributed by atoms with Crippen molar-refractivity contribution < 1.29 is 90.3 Å². The number of fused-ring (bicyclic) bond motifs is 1. The summed E-state index contributed by atoms with van der Waals surface area (Å²) in [4.78, 5) is 96.5. The Morgan fingerprint density at radius 2 is 1.75 bits per heavy atom. The summed E-state index contributed by atoms with van der Waals surface area (Å²) in [5.41, 5.74) is 4.83. The predicted molar refractivity (Wildman–Crippen MR) is 201 cm³/mol. The van der Waals surface area contributed by atoms with E-state index in [0.29, 0.717) is 6.42 Å². The predicted octanol–water partition coefficient (Wildman–Crippen LogP) is -2.52. The molecular weight excluding hydrogens is 899 g/mol. The SMILES string of the molecule is COc1cc(CCC(=O)SCCNC(=O)CCNC(=O)[C@H](O)C(C)(C)COP(=O)([O-])OP(=O)([O-])OC[C@H]2O[C@@H](n3cnc4c(N)ncnc43)[C@H](O)[C@@H]2OP(=O)([O-])[O-])ccc1O. The van der Waals surface area contributed by atoms with Gasteiger partial charge in [0.2, 0.25) is 11.8 Å². The van der Waals surface area contributed by atoms with Gasteiger partial charge in [-0.1, -0.05) is 31.7 Å². The molecule has 2 aromatic heterocycles. The monoisotopic (exact) mass is 941 g/mol. The number of nitrogens with two attached hydrogens (primary N) is 1. The van der Waals surface area contributed by atoms with Crippen LogP contribution in [-0.4, -0.2) is 115 Å². The number of ether oxygens (including phenoxy) is 2. The number of anilines is 1. The van der Waals surface area contributed by atoms with E-state index in [1.54, 1.807) is 12.1 Å². The number of aliphatic hydroxyl groups is 2. The van der Waals surface area contributed by atoms with Gasteiger partial charge in [-0.25, -0.2) is 19.3 Å². The van der Waals surface area contributed by atoms with Crippen molar-refractivity contribution in [2.45, 2.75) is 63.8 Å². The number of nitrogen functional groups attached to an aromatic ring is 1. The molecule has 2 amide bonds. The third-order valence-corrected chi connectivity index (χ3v) is 12.5. The second-order valence-electron chi connectivity index (χ2n) is 13.7. The van der Waals surface area contributed by atoms with Crippen molar-refractivity contribution in [1.82, 2.24) is 30.2 Å². The van der Waals surface area contributed by atoms with Crippen molar-refractivity contribution in [2.75, 3.05) is 44.9 Å². The average Bonchev–Trinajstić information content (AvgIpc) is 3.74. The maximum atomic E-state index is 12.6. The van der Waals surface area contributed by atoms with Crippen LogP contribution in [0.2, 0.25) is 0 Å². The number of benzene rings is 1. The van der Waals surface area contributed by atoms with Crippen LogP contribution in [0.4, 0.5) is 5.82 Å². The number of carbonyl (C=O) groups is 3.